The third-order valence-corrected chi connectivity index (χ3v) is 3.45. The molecule has 0 bridgehead atoms. The number of carbonyl (C=O) groups excluding carboxylic acids is 1. The van der Waals surface area contributed by atoms with Crippen LogP contribution in [0.15, 0.2) is 41.1 Å². The van der Waals surface area contributed by atoms with E-state index in [2.05, 4.69) is 24.4 Å². The summed E-state index contributed by atoms with van der Waals surface area (Å²) in [6.07, 6.45) is 2.67. The molecule has 0 radical (unpaired) electrons. The van der Waals surface area contributed by atoms with Crippen LogP contribution in [0, 0.1) is 0 Å². The number of aryl methyl sites for hydroxylation is 1. The lowest BCUT2D eigenvalue weighted by Gasteiger charge is -2.05. The highest BCUT2D eigenvalue weighted by Gasteiger charge is 2.04. The molecule has 0 unspecified atom stereocenters. The van der Waals surface area contributed by atoms with Crippen LogP contribution in [0.3, 0.4) is 0 Å². The zero-order chi connectivity index (χ0) is 12.8. The van der Waals surface area contributed by atoms with Crippen molar-refractivity contribution in [2.75, 3.05) is 5.32 Å². The Balaban J connectivity index is 1.90. The van der Waals surface area contributed by atoms with Gasteiger partial charge >= 0.3 is 0 Å². The predicted octanol–water partition coefficient (Wildman–Crippen LogP) is 3.88. The van der Waals surface area contributed by atoms with Crippen LogP contribution < -0.4 is 5.32 Å². The van der Waals surface area contributed by atoms with Crippen LogP contribution in [0.1, 0.15) is 24.5 Å². The normalized spacial score (nSPS) is 10.3. The Morgan fingerprint density at radius 2 is 1.94 bits per heavy atom. The SMILES string of the molecule is CCCc1ccc(NC(=O)Cc2ccsc2)cc1. The van der Waals surface area contributed by atoms with Crippen LogP contribution in [-0.2, 0) is 17.6 Å². The lowest BCUT2D eigenvalue weighted by molar-refractivity contribution is -0.115. The number of thiophene rings is 1. The molecule has 2 rings (SSSR count). The first kappa shape index (κ1) is 12.8. The minimum atomic E-state index is 0.0386. The minimum Gasteiger partial charge on any atom is -0.326 e. The van der Waals surface area contributed by atoms with E-state index in [1.54, 1.807) is 11.3 Å². The number of rotatable bonds is 5. The second-order valence-electron chi connectivity index (χ2n) is 4.30. The second kappa shape index (κ2) is 6.36. The summed E-state index contributed by atoms with van der Waals surface area (Å²) >= 11 is 1.62. The van der Waals surface area contributed by atoms with E-state index in [0.717, 1.165) is 24.1 Å². The summed E-state index contributed by atoms with van der Waals surface area (Å²) in [4.78, 5) is 11.8. The molecule has 1 heterocycles. The highest BCUT2D eigenvalue weighted by molar-refractivity contribution is 7.08. The van der Waals surface area contributed by atoms with E-state index in [1.807, 2.05) is 29.0 Å². The smallest absolute Gasteiger partial charge is 0.228 e. The van der Waals surface area contributed by atoms with Gasteiger partial charge in [0.05, 0.1) is 6.42 Å². The van der Waals surface area contributed by atoms with Crippen LogP contribution >= 0.6 is 11.3 Å². The van der Waals surface area contributed by atoms with E-state index < -0.39 is 0 Å². The van der Waals surface area contributed by atoms with Crippen LogP contribution in [0.25, 0.3) is 0 Å². The number of hydrogen-bond donors (Lipinski definition) is 1. The van der Waals surface area contributed by atoms with Gasteiger partial charge in [-0.3, -0.25) is 4.79 Å². The van der Waals surface area contributed by atoms with Gasteiger partial charge in [0.25, 0.3) is 0 Å². The molecule has 0 saturated carbocycles. The molecule has 0 atom stereocenters. The first-order valence-corrected chi connectivity index (χ1v) is 7.12. The van der Waals surface area contributed by atoms with Crippen molar-refractivity contribution in [1.82, 2.24) is 0 Å². The van der Waals surface area contributed by atoms with Gasteiger partial charge in [0.1, 0.15) is 0 Å². The van der Waals surface area contributed by atoms with E-state index in [1.165, 1.54) is 5.56 Å². The highest BCUT2D eigenvalue weighted by Crippen LogP contribution is 2.12. The number of hydrogen-bond acceptors (Lipinski definition) is 2. The van der Waals surface area contributed by atoms with Gasteiger partial charge in [0, 0.05) is 5.69 Å². The molecule has 2 aromatic rings. The van der Waals surface area contributed by atoms with Gasteiger partial charge < -0.3 is 5.32 Å². The predicted molar refractivity (Wildman–Crippen MR) is 77.1 cm³/mol. The van der Waals surface area contributed by atoms with Crippen molar-refractivity contribution in [3.63, 3.8) is 0 Å². The summed E-state index contributed by atoms with van der Waals surface area (Å²) in [5, 5.41) is 6.91. The number of nitrogens with one attached hydrogen (secondary N) is 1. The maximum atomic E-state index is 11.8. The maximum Gasteiger partial charge on any atom is 0.228 e. The Kier molecular flexibility index (Phi) is 4.53. The number of anilines is 1. The molecule has 0 spiro atoms. The third kappa shape index (κ3) is 3.70. The van der Waals surface area contributed by atoms with Gasteiger partial charge in [-0.25, -0.2) is 0 Å². The molecule has 18 heavy (non-hydrogen) atoms. The second-order valence-corrected chi connectivity index (χ2v) is 5.08. The quantitative estimate of drug-likeness (QED) is 0.867. The summed E-state index contributed by atoms with van der Waals surface area (Å²) in [6.45, 7) is 2.16. The fourth-order valence-corrected chi connectivity index (χ4v) is 2.50. The Hall–Kier alpha value is -1.61. The molecular formula is C15H17NOS. The van der Waals surface area contributed by atoms with Crippen molar-refractivity contribution in [3.05, 3.63) is 52.2 Å². The molecule has 1 amide bonds. The lowest BCUT2D eigenvalue weighted by atomic mass is 10.1. The minimum absolute atomic E-state index is 0.0386. The molecule has 0 saturated heterocycles. The topological polar surface area (TPSA) is 29.1 Å². The van der Waals surface area contributed by atoms with Crippen LogP contribution in [0.2, 0.25) is 0 Å². The Morgan fingerprint density at radius 1 is 1.17 bits per heavy atom. The maximum absolute atomic E-state index is 11.8. The lowest BCUT2D eigenvalue weighted by Crippen LogP contribution is -2.13. The van der Waals surface area contributed by atoms with Gasteiger partial charge in [-0.1, -0.05) is 25.5 Å². The zero-order valence-electron chi connectivity index (χ0n) is 10.5. The van der Waals surface area contributed by atoms with Crippen LogP contribution in [0.5, 0.6) is 0 Å². The van der Waals surface area contributed by atoms with Gasteiger partial charge in [-0.15, -0.1) is 0 Å². The summed E-state index contributed by atoms with van der Waals surface area (Å²) in [5.74, 6) is 0.0386. The van der Waals surface area contributed by atoms with Gasteiger partial charge in [-0.2, -0.15) is 11.3 Å². The Bertz CT molecular complexity index is 488. The first-order valence-electron chi connectivity index (χ1n) is 6.18. The van der Waals surface area contributed by atoms with Crippen molar-refractivity contribution in [1.29, 1.82) is 0 Å². The van der Waals surface area contributed by atoms with Crippen molar-refractivity contribution in [2.45, 2.75) is 26.2 Å². The van der Waals surface area contributed by atoms with Gasteiger partial charge in [0.2, 0.25) is 5.91 Å². The molecule has 0 aliphatic rings. The van der Waals surface area contributed by atoms with E-state index in [-0.39, 0.29) is 5.91 Å². The molecule has 1 N–H and O–H groups in total. The zero-order valence-corrected chi connectivity index (χ0v) is 11.3. The molecule has 1 aromatic heterocycles. The Morgan fingerprint density at radius 3 is 2.56 bits per heavy atom. The molecule has 3 heteroatoms. The average molecular weight is 259 g/mol. The third-order valence-electron chi connectivity index (χ3n) is 2.72. The monoisotopic (exact) mass is 259 g/mol. The number of benzene rings is 1. The summed E-state index contributed by atoms with van der Waals surface area (Å²) in [6, 6.07) is 10.1. The van der Waals surface area contributed by atoms with E-state index in [0.29, 0.717) is 6.42 Å². The molecule has 0 aliphatic carbocycles. The largest absolute Gasteiger partial charge is 0.326 e. The highest BCUT2D eigenvalue weighted by atomic mass is 32.1. The van der Waals surface area contributed by atoms with Crippen molar-refractivity contribution >= 4 is 22.9 Å². The van der Waals surface area contributed by atoms with Crippen molar-refractivity contribution < 1.29 is 4.79 Å². The number of carbonyl (C=O) groups is 1. The van der Waals surface area contributed by atoms with Crippen molar-refractivity contribution in [2.24, 2.45) is 0 Å². The van der Waals surface area contributed by atoms with Gasteiger partial charge in [-0.05, 0) is 46.5 Å². The molecule has 1 aromatic carbocycles. The van der Waals surface area contributed by atoms with E-state index >= 15 is 0 Å². The summed E-state index contributed by atoms with van der Waals surface area (Å²) in [7, 11) is 0. The Labute approximate surface area is 112 Å². The molecular weight excluding hydrogens is 242 g/mol. The van der Waals surface area contributed by atoms with Crippen molar-refractivity contribution in [3.8, 4) is 0 Å². The molecule has 94 valence electrons. The van der Waals surface area contributed by atoms with Crippen LogP contribution in [0.4, 0.5) is 5.69 Å². The summed E-state index contributed by atoms with van der Waals surface area (Å²) in [5.41, 5.74) is 3.25. The standard InChI is InChI=1S/C15H17NOS/c1-2-3-12-4-6-14(7-5-12)16-15(17)10-13-8-9-18-11-13/h4-9,11H,2-3,10H2,1H3,(H,16,17). The summed E-state index contributed by atoms with van der Waals surface area (Å²) < 4.78 is 0. The fourth-order valence-electron chi connectivity index (χ4n) is 1.83. The molecule has 2 nitrogen and oxygen atoms in total. The van der Waals surface area contributed by atoms with E-state index in [4.69, 9.17) is 0 Å². The molecule has 0 fully saturated rings. The fraction of sp³-hybridized carbons (Fsp3) is 0.267. The molecule has 0 aliphatic heterocycles. The van der Waals surface area contributed by atoms with Gasteiger partial charge in [0.15, 0.2) is 0 Å². The van der Waals surface area contributed by atoms with Crippen LogP contribution in [-0.4, -0.2) is 5.91 Å². The number of amides is 1. The average Bonchev–Trinajstić information content (AvgIpc) is 2.84. The first-order chi connectivity index (χ1) is 8.78. The van der Waals surface area contributed by atoms with E-state index in [9.17, 15) is 4.79 Å².